The van der Waals surface area contributed by atoms with Crippen LogP contribution in [0.15, 0.2) is 16.9 Å². The first-order chi connectivity index (χ1) is 11.6. The van der Waals surface area contributed by atoms with Gasteiger partial charge >= 0.3 is 0 Å². The predicted molar refractivity (Wildman–Crippen MR) is 95.6 cm³/mol. The van der Waals surface area contributed by atoms with Crippen LogP contribution in [0.1, 0.15) is 21.9 Å². The first-order valence-corrected chi connectivity index (χ1v) is 9.03. The van der Waals surface area contributed by atoms with E-state index in [-0.39, 0.29) is 0 Å². The number of thiophene rings is 1. The number of hydrogen-bond donors (Lipinski definition) is 0. The highest BCUT2D eigenvalue weighted by Gasteiger charge is 2.22. The number of fused-ring (bicyclic) bond motifs is 1. The molecule has 0 aliphatic carbocycles. The van der Waals surface area contributed by atoms with Gasteiger partial charge in [0.25, 0.3) is 0 Å². The van der Waals surface area contributed by atoms with E-state index >= 15 is 0 Å². The van der Waals surface area contributed by atoms with Crippen molar-refractivity contribution in [2.24, 2.45) is 0 Å². The lowest BCUT2D eigenvalue weighted by Gasteiger charge is -2.35. The zero-order valence-corrected chi connectivity index (χ0v) is 15.1. The molecule has 24 heavy (non-hydrogen) atoms. The van der Waals surface area contributed by atoms with Crippen LogP contribution in [0.2, 0.25) is 0 Å². The molecule has 0 amide bonds. The summed E-state index contributed by atoms with van der Waals surface area (Å²) < 4.78 is 5.33. The molecule has 1 aliphatic heterocycles. The van der Waals surface area contributed by atoms with Gasteiger partial charge in [0.2, 0.25) is 0 Å². The molecule has 4 heterocycles. The van der Waals surface area contributed by atoms with Gasteiger partial charge in [-0.05, 0) is 26.3 Å². The van der Waals surface area contributed by atoms with Crippen molar-refractivity contribution in [3.05, 3.63) is 34.3 Å². The van der Waals surface area contributed by atoms with E-state index in [1.165, 1.54) is 15.8 Å². The quantitative estimate of drug-likeness (QED) is 0.729. The molecule has 1 fully saturated rings. The molecule has 0 N–H and O–H groups in total. The SMILES string of the molecule is Cc1cc(CN2CCN(c3ncnc4sc(C)c(C)c34)CC2)on1. The smallest absolute Gasteiger partial charge is 0.150 e. The Bertz CT molecular complexity index is 863. The number of nitrogens with zero attached hydrogens (tertiary/aromatic N) is 5. The monoisotopic (exact) mass is 343 g/mol. The van der Waals surface area contributed by atoms with Gasteiger partial charge in [0.15, 0.2) is 5.76 Å². The molecule has 7 heteroatoms. The van der Waals surface area contributed by atoms with Gasteiger partial charge in [0, 0.05) is 37.1 Å². The molecule has 0 spiro atoms. The van der Waals surface area contributed by atoms with E-state index in [0.29, 0.717) is 0 Å². The average Bonchev–Trinajstić information content (AvgIpc) is 3.12. The highest BCUT2D eigenvalue weighted by molar-refractivity contribution is 7.18. The molecule has 0 aromatic carbocycles. The normalized spacial score (nSPS) is 16.2. The molecule has 0 atom stereocenters. The number of aromatic nitrogens is 3. The first kappa shape index (κ1) is 15.5. The average molecular weight is 343 g/mol. The Labute approximate surface area is 145 Å². The molecular weight excluding hydrogens is 322 g/mol. The second-order valence-electron chi connectivity index (χ2n) is 6.36. The predicted octanol–water partition coefficient (Wildman–Crippen LogP) is 2.93. The van der Waals surface area contributed by atoms with Crippen LogP contribution in [-0.2, 0) is 6.54 Å². The maximum absolute atomic E-state index is 5.33. The van der Waals surface area contributed by atoms with Crippen molar-refractivity contribution in [2.75, 3.05) is 31.1 Å². The van der Waals surface area contributed by atoms with Crippen molar-refractivity contribution >= 4 is 27.4 Å². The van der Waals surface area contributed by atoms with Crippen molar-refractivity contribution in [3.63, 3.8) is 0 Å². The minimum absolute atomic E-state index is 0.824. The van der Waals surface area contributed by atoms with Crippen LogP contribution in [-0.4, -0.2) is 46.2 Å². The van der Waals surface area contributed by atoms with Crippen LogP contribution in [0.3, 0.4) is 0 Å². The molecule has 4 rings (SSSR count). The van der Waals surface area contributed by atoms with Crippen LogP contribution in [0.25, 0.3) is 10.2 Å². The van der Waals surface area contributed by atoms with Gasteiger partial charge < -0.3 is 9.42 Å². The highest BCUT2D eigenvalue weighted by Crippen LogP contribution is 2.34. The van der Waals surface area contributed by atoms with Crippen LogP contribution in [0, 0.1) is 20.8 Å². The largest absolute Gasteiger partial charge is 0.360 e. The second kappa shape index (κ2) is 6.14. The third kappa shape index (κ3) is 2.78. The molecule has 0 unspecified atom stereocenters. The molecule has 3 aromatic rings. The fraction of sp³-hybridized carbons (Fsp3) is 0.471. The maximum atomic E-state index is 5.33. The molecule has 0 bridgehead atoms. The van der Waals surface area contributed by atoms with E-state index in [1.807, 2.05) is 13.0 Å². The molecule has 0 saturated carbocycles. The molecule has 6 nitrogen and oxygen atoms in total. The minimum Gasteiger partial charge on any atom is -0.360 e. The lowest BCUT2D eigenvalue weighted by molar-refractivity contribution is 0.219. The molecular formula is C17H21N5OS. The number of rotatable bonds is 3. The van der Waals surface area contributed by atoms with Gasteiger partial charge in [0.1, 0.15) is 17.0 Å². The van der Waals surface area contributed by atoms with Crippen LogP contribution < -0.4 is 4.90 Å². The van der Waals surface area contributed by atoms with E-state index in [2.05, 4.69) is 38.8 Å². The Balaban J connectivity index is 1.50. The van der Waals surface area contributed by atoms with Gasteiger partial charge in [-0.3, -0.25) is 4.90 Å². The van der Waals surface area contributed by atoms with Gasteiger partial charge in [-0.2, -0.15) is 0 Å². The summed E-state index contributed by atoms with van der Waals surface area (Å²) >= 11 is 1.75. The lowest BCUT2D eigenvalue weighted by Crippen LogP contribution is -2.46. The summed E-state index contributed by atoms with van der Waals surface area (Å²) in [7, 11) is 0. The zero-order chi connectivity index (χ0) is 16.7. The van der Waals surface area contributed by atoms with Crippen molar-refractivity contribution in [1.29, 1.82) is 0 Å². The third-order valence-electron chi connectivity index (χ3n) is 4.67. The highest BCUT2D eigenvalue weighted by atomic mass is 32.1. The van der Waals surface area contributed by atoms with E-state index < -0.39 is 0 Å². The lowest BCUT2D eigenvalue weighted by atomic mass is 10.2. The number of anilines is 1. The van der Waals surface area contributed by atoms with E-state index in [1.54, 1.807) is 17.7 Å². The number of piperazine rings is 1. The Hall–Kier alpha value is -1.99. The summed E-state index contributed by atoms with van der Waals surface area (Å²) in [6.45, 7) is 11.0. The Morgan fingerprint density at radius 1 is 1.12 bits per heavy atom. The van der Waals surface area contributed by atoms with E-state index in [9.17, 15) is 0 Å². The van der Waals surface area contributed by atoms with Crippen molar-refractivity contribution in [3.8, 4) is 0 Å². The first-order valence-electron chi connectivity index (χ1n) is 8.22. The number of aryl methyl sites for hydroxylation is 3. The summed E-state index contributed by atoms with van der Waals surface area (Å²) in [5, 5.41) is 5.18. The third-order valence-corrected chi connectivity index (χ3v) is 5.79. The summed E-state index contributed by atoms with van der Waals surface area (Å²) in [4.78, 5) is 16.2. The van der Waals surface area contributed by atoms with Crippen LogP contribution in [0.4, 0.5) is 5.82 Å². The fourth-order valence-corrected chi connectivity index (χ4v) is 4.22. The molecule has 1 saturated heterocycles. The Morgan fingerprint density at radius 2 is 1.92 bits per heavy atom. The van der Waals surface area contributed by atoms with Crippen LogP contribution >= 0.6 is 11.3 Å². The van der Waals surface area contributed by atoms with E-state index in [4.69, 9.17) is 4.52 Å². The topological polar surface area (TPSA) is 58.3 Å². The summed E-state index contributed by atoms with van der Waals surface area (Å²) in [5.74, 6) is 2.02. The zero-order valence-electron chi connectivity index (χ0n) is 14.2. The summed E-state index contributed by atoms with van der Waals surface area (Å²) in [5.41, 5.74) is 2.25. The van der Waals surface area contributed by atoms with E-state index in [0.717, 1.165) is 54.8 Å². The second-order valence-corrected chi connectivity index (χ2v) is 7.56. The molecule has 1 aliphatic rings. The van der Waals surface area contributed by atoms with Crippen molar-refractivity contribution in [2.45, 2.75) is 27.3 Å². The van der Waals surface area contributed by atoms with Gasteiger partial charge in [-0.15, -0.1) is 11.3 Å². The van der Waals surface area contributed by atoms with Gasteiger partial charge in [-0.1, -0.05) is 5.16 Å². The van der Waals surface area contributed by atoms with Crippen LogP contribution in [0.5, 0.6) is 0 Å². The maximum Gasteiger partial charge on any atom is 0.150 e. The fourth-order valence-electron chi connectivity index (χ4n) is 3.23. The Kier molecular flexibility index (Phi) is 3.97. The molecule has 3 aromatic heterocycles. The number of hydrogen-bond acceptors (Lipinski definition) is 7. The summed E-state index contributed by atoms with van der Waals surface area (Å²) in [6, 6.07) is 2.01. The van der Waals surface area contributed by atoms with Gasteiger partial charge in [-0.25, -0.2) is 9.97 Å². The van der Waals surface area contributed by atoms with Gasteiger partial charge in [0.05, 0.1) is 17.6 Å². The molecule has 0 radical (unpaired) electrons. The standard InChI is InChI=1S/C17H21N5OS/c1-11-8-14(23-20-11)9-21-4-6-22(7-5-21)16-15-12(2)13(3)24-17(15)19-10-18-16/h8,10H,4-7,9H2,1-3H3. The molecule has 126 valence electrons. The summed E-state index contributed by atoms with van der Waals surface area (Å²) in [6.07, 6.45) is 1.69. The minimum atomic E-state index is 0.824. The van der Waals surface area contributed by atoms with Crippen molar-refractivity contribution in [1.82, 2.24) is 20.0 Å². The van der Waals surface area contributed by atoms with Crippen molar-refractivity contribution < 1.29 is 4.52 Å². The Morgan fingerprint density at radius 3 is 2.62 bits per heavy atom.